The molecule has 9 nitrogen and oxygen atoms in total. The molecule has 252 valence electrons. The van der Waals surface area contributed by atoms with Crippen LogP contribution in [0.3, 0.4) is 0 Å². The fourth-order valence-electron chi connectivity index (χ4n) is 7.93. The Morgan fingerprint density at radius 1 is 0.646 bits per heavy atom. The minimum absolute atomic E-state index is 0.0975. The molecule has 2 bridgehead atoms. The molecule has 9 heteroatoms. The molecule has 0 spiro atoms. The first kappa shape index (κ1) is 32.0. The second-order valence-electron chi connectivity index (χ2n) is 12.9. The lowest BCUT2D eigenvalue weighted by molar-refractivity contribution is 0.135. The fourth-order valence-corrected chi connectivity index (χ4v) is 7.93. The van der Waals surface area contributed by atoms with Gasteiger partial charge >= 0.3 is 0 Å². The van der Waals surface area contributed by atoms with Gasteiger partial charge in [-0.2, -0.15) is 0 Å². The SMILES string of the molecule is COc1cc2c(cc1OC)[C@@H]1Cc3c(cc(OC)c(OC)c3Oc3cc4c(cc3OC)CCN(C)[C@@H]4Cc3ccc(O)cc3)[C@H](C2)N1C. The second kappa shape index (κ2) is 12.8. The lowest BCUT2D eigenvalue weighted by Crippen LogP contribution is -2.40. The smallest absolute Gasteiger partial charge is 0.204 e. The van der Waals surface area contributed by atoms with E-state index >= 15 is 0 Å². The van der Waals surface area contributed by atoms with Gasteiger partial charge in [-0.15, -0.1) is 0 Å². The van der Waals surface area contributed by atoms with Gasteiger partial charge in [0.05, 0.1) is 35.5 Å². The predicted molar refractivity (Wildman–Crippen MR) is 184 cm³/mol. The van der Waals surface area contributed by atoms with Crippen LogP contribution in [0.2, 0.25) is 0 Å². The molecule has 0 radical (unpaired) electrons. The summed E-state index contributed by atoms with van der Waals surface area (Å²) in [5.41, 5.74) is 8.34. The van der Waals surface area contributed by atoms with Crippen molar-refractivity contribution in [3.8, 4) is 46.0 Å². The van der Waals surface area contributed by atoms with Crippen LogP contribution in [-0.4, -0.2) is 71.1 Å². The van der Waals surface area contributed by atoms with Crippen LogP contribution in [0.25, 0.3) is 0 Å². The highest BCUT2D eigenvalue weighted by Crippen LogP contribution is 2.56. The minimum Gasteiger partial charge on any atom is -0.508 e. The quantitative estimate of drug-likeness (QED) is 0.209. The van der Waals surface area contributed by atoms with Gasteiger partial charge in [0.25, 0.3) is 0 Å². The Bertz CT molecular complexity index is 1840. The van der Waals surface area contributed by atoms with E-state index in [1.54, 1.807) is 47.7 Å². The molecule has 0 fully saturated rings. The van der Waals surface area contributed by atoms with E-state index in [9.17, 15) is 5.11 Å². The van der Waals surface area contributed by atoms with Crippen molar-refractivity contribution in [2.75, 3.05) is 56.2 Å². The zero-order valence-corrected chi connectivity index (χ0v) is 28.8. The van der Waals surface area contributed by atoms with Crippen molar-refractivity contribution in [1.29, 1.82) is 0 Å². The van der Waals surface area contributed by atoms with E-state index in [0.717, 1.165) is 54.0 Å². The van der Waals surface area contributed by atoms with Crippen molar-refractivity contribution in [1.82, 2.24) is 9.80 Å². The van der Waals surface area contributed by atoms with Crippen molar-refractivity contribution in [2.24, 2.45) is 0 Å². The van der Waals surface area contributed by atoms with Gasteiger partial charge in [0.15, 0.2) is 34.5 Å². The molecular formula is C39H44N2O7. The second-order valence-corrected chi connectivity index (χ2v) is 12.9. The first-order chi connectivity index (χ1) is 23.3. The van der Waals surface area contributed by atoms with Crippen LogP contribution in [0.15, 0.2) is 54.6 Å². The Balaban J connectivity index is 1.33. The monoisotopic (exact) mass is 652 g/mol. The van der Waals surface area contributed by atoms with Crippen molar-refractivity contribution in [2.45, 2.75) is 43.8 Å². The van der Waals surface area contributed by atoms with Gasteiger partial charge in [-0.05, 0) is 116 Å². The minimum atomic E-state index is 0.0975. The highest BCUT2D eigenvalue weighted by molar-refractivity contribution is 5.65. The Labute approximate surface area is 282 Å². The molecule has 3 aliphatic rings. The summed E-state index contributed by atoms with van der Waals surface area (Å²) in [7, 11) is 12.7. The largest absolute Gasteiger partial charge is 0.508 e. The lowest BCUT2D eigenvalue weighted by Gasteiger charge is -2.46. The number of hydrogen-bond acceptors (Lipinski definition) is 9. The number of phenols is 1. The summed E-state index contributed by atoms with van der Waals surface area (Å²) in [6.07, 6.45) is 3.23. The maximum absolute atomic E-state index is 9.86. The van der Waals surface area contributed by atoms with Gasteiger partial charge in [-0.1, -0.05) is 12.1 Å². The average molecular weight is 653 g/mol. The summed E-state index contributed by atoms with van der Waals surface area (Å²) in [6, 6.07) is 18.4. The lowest BCUT2D eigenvalue weighted by atomic mass is 9.76. The number of ether oxygens (including phenoxy) is 6. The van der Waals surface area contributed by atoms with Gasteiger partial charge in [0.1, 0.15) is 5.75 Å². The van der Waals surface area contributed by atoms with Crippen LogP contribution in [0, 0.1) is 0 Å². The number of aromatic hydroxyl groups is 1. The highest BCUT2D eigenvalue weighted by atomic mass is 16.5. The number of fused-ring (bicyclic) bond motifs is 7. The third-order valence-electron chi connectivity index (χ3n) is 10.5. The van der Waals surface area contributed by atoms with Gasteiger partial charge in [-0.25, -0.2) is 0 Å². The molecule has 1 N–H and O–H groups in total. The number of hydrogen-bond donors (Lipinski definition) is 1. The Morgan fingerprint density at radius 2 is 1.25 bits per heavy atom. The van der Waals surface area contributed by atoms with E-state index in [4.69, 9.17) is 28.4 Å². The van der Waals surface area contributed by atoms with Crippen molar-refractivity contribution in [3.05, 3.63) is 93.5 Å². The molecule has 7 rings (SSSR count). The highest BCUT2D eigenvalue weighted by Gasteiger charge is 2.42. The summed E-state index contributed by atoms with van der Waals surface area (Å²) >= 11 is 0. The standard InChI is InChI=1S/C39H44N2O7/c1-40-13-12-23-16-34(44-4)36(20-26(23)30(40)14-22-8-10-25(42)11-9-22)48-38-29-18-32-27-19-35(45-5)33(43-3)17-24(27)15-31(41(32)2)28(29)21-37(46-6)39(38)47-7/h8-11,16-17,19-21,30-32,42H,12-15,18H2,1-7H3/t30-,31+,32+/m1/s1. The van der Waals surface area contributed by atoms with Crippen LogP contribution in [-0.2, 0) is 25.7 Å². The van der Waals surface area contributed by atoms with Gasteiger partial charge in [0.2, 0.25) is 5.75 Å². The molecule has 0 aliphatic carbocycles. The van der Waals surface area contributed by atoms with E-state index in [2.05, 4.69) is 54.2 Å². The van der Waals surface area contributed by atoms with Crippen LogP contribution in [0.5, 0.6) is 46.0 Å². The number of methoxy groups -OCH3 is 5. The van der Waals surface area contributed by atoms with E-state index in [-0.39, 0.29) is 23.9 Å². The summed E-state index contributed by atoms with van der Waals surface area (Å²) in [5, 5.41) is 9.86. The molecule has 0 saturated heterocycles. The molecular weight excluding hydrogens is 608 g/mol. The molecule has 0 unspecified atom stereocenters. The summed E-state index contributed by atoms with van der Waals surface area (Å²) in [6.45, 7) is 0.935. The maximum atomic E-state index is 9.86. The topological polar surface area (TPSA) is 82.1 Å². The molecule has 3 atom stereocenters. The van der Waals surface area contributed by atoms with Crippen molar-refractivity contribution < 1.29 is 33.5 Å². The average Bonchev–Trinajstić information content (AvgIpc) is 3.10. The third kappa shape index (κ3) is 5.35. The molecule has 0 amide bonds. The first-order valence-electron chi connectivity index (χ1n) is 16.4. The zero-order valence-electron chi connectivity index (χ0n) is 28.8. The summed E-state index contributed by atoms with van der Waals surface area (Å²) in [4.78, 5) is 4.83. The van der Waals surface area contributed by atoms with Gasteiger partial charge in [-0.3, -0.25) is 9.80 Å². The third-order valence-corrected chi connectivity index (χ3v) is 10.5. The van der Waals surface area contributed by atoms with Crippen molar-refractivity contribution >= 4 is 0 Å². The Kier molecular flexibility index (Phi) is 8.51. The number of likely N-dealkylation sites (N-methyl/N-ethyl adjacent to an activating group) is 2. The number of phenolic OH excluding ortho intramolecular Hbond substituents is 1. The van der Waals surface area contributed by atoms with Crippen molar-refractivity contribution in [3.63, 3.8) is 0 Å². The van der Waals surface area contributed by atoms with Crippen LogP contribution in [0.4, 0.5) is 0 Å². The Morgan fingerprint density at radius 3 is 1.94 bits per heavy atom. The van der Waals surface area contributed by atoms with E-state index in [1.165, 1.54) is 22.3 Å². The summed E-state index contributed by atoms with van der Waals surface area (Å²) < 4.78 is 36.3. The molecule has 0 aromatic heterocycles. The molecule has 3 heterocycles. The zero-order chi connectivity index (χ0) is 33.7. The normalized spacial score (nSPS) is 19.9. The number of benzene rings is 4. The Hall–Kier alpha value is -4.60. The molecule has 3 aliphatic heterocycles. The van der Waals surface area contributed by atoms with E-state index in [0.29, 0.717) is 35.2 Å². The summed E-state index contributed by atoms with van der Waals surface area (Å²) in [5.74, 6) is 4.87. The first-order valence-corrected chi connectivity index (χ1v) is 16.4. The molecule has 0 saturated carbocycles. The van der Waals surface area contributed by atoms with E-state index < -0.39 is 0 Å². The van der Waals surface area contributed by atoms with E-state index in [1.807, 2.05) is 12.1 Å². The van der Waals surface area contributed by atoms with Crippen LogP contribution < -0.4 is 28.4 Å². The van der Waals surface area contributed by atoms with Crippen LogP contribution >= 0.6 is 0 Å². The molecule has 4 aromatic rings. The van der Waals surface area contributed by atoms with Gasteiger partial charge < -0.3 is 33.5 Å². The number of nitrogens with zero attached hydrogens (tertiary/aromatic N) is 2. The maximum Gasteiger partial charge on any atom is 0.204 e. The predicted octanol–water partition coefficient (Wildman–Crippen LogP) is 6.83. The fraction of sp³-hybridized carbons (Fsp3) is 0.385. The van der Waals surface area contributed by atoms with Crippen LogP contribution in [0.1, 0.15) is 57.1 Å². The molecule has 48 heavy (non-hydrogen) atoms. The van der Waals surface area contributed by atoms with Gasteiger partial charge in [0, 0.05) is 30.2 Å². The number of rotatable bonds is 9. The molecule has 4 aromatic carbocycles.